The highest BCUT2D eigenvalue weighted by Gasteiger charge is 2.09. The van der Waals surface area contributed by atoms with Gasteiger partial charge in [0.2, 0.25) is 0 Å². The average molecular weight is 184 g/mol. The van der Waals surface area contributed by atoms with Crippen LogP contribution in [-0.4, -0.2) is 34.4 Å². The highest BCUT2D eigenvalue weighted by atomic mass is 16.3. The van der Waals surface area contributed by atoms with E-state index in [1.54, 1.807) is 0 Å². The minimum Gasteiger partial charge on any atom is -0.396 e. The van der Waals surface area contributed by atoms with E-state index in [2.05, 4.69) is 15.5 Å². The maximum atomic E-state index is 11.3. The number of hydrogen-bond donors (Lipinski definition) is 4. The lowest BCUT2D eigenvalue weighted by molar-refractivity contribution is 0.0947. The van der Waals surface area contributed by atoms with Gasteiger partial charge in [-0.3, -0.25) is 9.89 Å². The molecule has 0 aliphatic carbocycles. The van der Waals surface area contributed by atoms with E-state index in [1.807, 2.05) is 0 Å². The first kappa shape index (κ1) is 9.53. The largest absolute Gasteiger partial charge is 0.396 e. The van der Waals surface area contributed by atoms with Crippen molar-refractivity contribution in [3.63, 3.8) is 0 Å². The van der Waals surface area contributed by atoms with E-state index >= 15 is 0 Å². The van der Waals surface area contributed by atoms with E-state index in [0.29, 0.717) is 18.7 Å². The van der Waals surface area contributed by atoms with Crippen molar-refractivity contribution in [3.8, 4) is 0 Å². The predicted molar refractivity (Wildman–Crippen MR) is 47.0 cm³/mol. The van der Waals surface area contributed by atoms with Gasteiger partial charge in [0.15, 0.2) is 0 Å². The number of nitrogens with zero attached hydrogens (tertiary/aromatic N) is 1. The third kappa shape index (κ3) is 2.45. The van der Waals surface area contributed by atoms with Crippen molar-refractivity contribution in [1.82, 2.24) is 15.5 Å². The third-order valence-electron chi connectivity index (χ3n) is 1.52. The van der Waals surface area contributed by atoms with E-state index in [9.17, 15) is 4.79 Å². The van der Waals surface area contributed by atoms with Gasteiger partial charge in [-0.15, -0.1) is 0 Å². The molecular weight excluding hydrogens is 172 g/mol. The molecule has 0 radical (unpaired) electrons. The van der Waals surface area contributed by atoms with Crippen molar-refractivity contribution in [2.45, 2.75) is 6.42 Å². The standard InChI is InChI=1S/C7H12N4O2/c8-5-4-10-11-6(5)7(13)9-2-1-3-12/h4,12H,1-3,8H2,(H,9,13)(H,10,11). The Morgan fingerprint density at radius 2 is 2.54 bits per heavy atom. The molecule has 6 heteroatoms. The minimum atomic E-state index is -0.302. The average Bonchev–Trinajstić information content (AvgIpc) is 2.52. The molecule has 0 atom stereocenters. The second-order valence-corrected chi connectivity index (χ2v) is 2.53. The molecule has 6 nitrogen and oxygen atoms in total. The van der Waals surface area contributed by atoms with Crippen molar-refractivity contribution >= 4 is 11.6 Å². The number of aliphatic hydroxyl groups excluding tert-OH is 1. The molecule has 13 heavy (non-hydrogen) atoms. The molecule has 1 aromatic heterocycles. The van der Waals surface area contributed by atoms with E-state index < -0.39 is 0 Å². The quantitative estimate of drug-likeness (QED) is 0.455. The smallest absolute Gasteiger partial charge is 0.271 e. The Balaban J connectivity index is 2.45. The number of anilines is 1. The highest BCUT2D eigenvalue weighted by Crippen LogP contribution is 2.04. The Hall–Kier alpha value is -1.56. The first-order chi connectivity index (χ1) is 6.25. The molecule has 0 aliphatic heterocycles. The lowest BCUT2D eigenvalue weighted by Gasteiger charge is -2.01. The van der Waals surface area contributed by atoms with Gasteiger partial charge in [-0.05, 0) is 6.42 Å². The minimum absolute atomic E-state index is 0.0543. The molecule has 0 aromatic carbocycles. The summed E-state index contributed by atoms with van der Waals surface area (Å²) in [5, 5.41) is 17.1. The van der Waals surface area contributed by atoms with Crippen molar-refractivity contribution in [2.24, 2.45) is 0 Å². The van der Waals surface area contributed by atoms with Gasteiger partial charge in [0, 0.05) is 13.2 Å². The van der Waals surface area contributed by atoms with E-state index in [0.717, 1.165) is 0 Å². The van der Waals surface area contributed by atoms with Crippen LogP contribution in [0.5, 0.6) is 0 Å². The molecule has 0 saturated heterocycles. The monoisotopic (exact) mass is 184 g/mol. The van der Waals surface area contributed by atoms with Crippen LogP contribution in [-0.2, 0) is 0 Å². The maximum Gasteiger partial charge on any atom is 0.271 e. The summed E-state index contributed by atoms with van der Waals surface area (Å²) in [5.74, 6) is -0.302. The summed E-state index contributed by atoms with van der Waals surface area (Å²) < 4.78 is 0. The van der Waals surface area contributed by atoms with Gasteiger partial charge < -0.3 is 16.2 Å². The SMILES string of the molecule is Nc1cn[nH]c1C(=O)NCCCO. The van der Waals surface area contributed by atoms with Crippen LogP contribution in [0.25, 0.3) is 0 Å². The summed E-state index contributed by atoms with van der Waals surface area (Å²) in [6.07, 6.45) is 1.90. The Bertz CT molecular complexity index is 284. The van der Waals surface area contributed by atoms with Crippen LogP contribution in [0.1, 0.15) is 16.9 Å². The number of H-pyrrole nitrogens is 1. The van der Waals surface area contributed by atoms with Crippen molar-refractivity contribution < 1.29 is 9.90 Å². The number of aromatic nitrogens is 2. The lowest BCUT2D eigenvalue weighted by atomic mass is 10.3. The molecule has 5 N–H and O–H groups in total. The van der Waals surface area contributed by atoms with Crippen LogP contribution >= 0.6 is 0 Å². The van der Waals surface area contributed by atoms with Gasteiger partial charge in [0.05, 0.1) is 11.9 Å². The number of carbonyl (C=O) groups excluding carboxylic acids is 1. The van der Waals surface area contributed by atoms with Crippen LogP contribution in [0, 0.1) is 0 Å². The Labute approximate surface area is 75.1 Å². The highest BCUT2D eigenvalue weighted by molar-refractivity contribution is 5.96. The molecule has 0 aliphatic rings. The molecular formula is C7H12N4O2. The van der Waals surface area contributed by atoms with Crippen LogP contribution in [0.3, 0.4) is 0 Å². The number of hydrogen-bond acceptors (Lipinski definition) is 4. The molecule has 0 spiro atoms. The van der Waals surface area contributed by atoms with Gasteiger partial charge in [-0.2, -0.15) is 5.10 Å². The van der Waals surface area contributed by atoms with E-state index in [-0.39, 0.29) is 18.2 Å². The zero-order chi connectivity index (χ0) is 9.68. The Kier molecular flexibility index (Phi) is 3.27. The van der Waals surface area contributed by atoms with Crippen molar-refractivity contribution in [2.75, 3.05) is 18.9 Å². The number of nitrogens with one attached hydrogen (secondary N) is 2. The maximum absolute atomic E-state index is 11.3. The molecule has 0 saturated carbocycles. The van der Waals surface area contributed by atoms with Crippen molar-refractivity contribution in [3.05, 3.63) is 11.9 Å². The molecule has 0 bridgehead atoms. The fourth-order valence-corrected chi connectivity index (χ4v) is 0.847. The van der Waals surface area contributed by atoms with E-state index in [4.69, 9.17) is 10.8 Å². The number of amides is 1. The van der Waals surface area contributed by atoms with Crippen LogP contribution in [0.2, 0.25) is 0 Å². The molecule has 0 fully saturated rings. The number of carbonyl (C=O) groups is 1. The molecule has 1 amide bonds. The van der Waals surface area contributed by atoms with Gasteiger partial charge in [-0.1, -0.05) is 0 Å². The molecule has 1 aromatic rings. The van der Waals surface area contributed by atoms with Gasteiger partial charge in [0.25, 0.3) is 5.91 Å². The summed E-state index contributed by atoms with van der Waals surface area (Å²) in [7, 11) is 0. The number of aromatic amines is 1. The zero-order valence-corrected chi connectivity index (χ0v) is 7.08. The summed E-state index contributed by atoms with van der Waals surface area (Å²) >= 11 is 0. The summed E-state index contributed by atoms with van der Waals surface area (Å²) in [5.41, 5.74) is 6.02. The third-order valence-corrected chi connectivity index (χ3v) is 1.52. The number of nitrogen functional groups attached to an aromatic ring is 1. The van der Waals surface area contributed by atoms with Crippen molar-refractivity contribution in [1.29, 1.82) is 0 Å². The Morgan fingerprint density at radius 1 is 1.77 bits per heavy atom. The molecule has 1 heterocycles. The van der Waals surface area contributed by atoms with Crippen LogP contribution in [0.15, 0.2) is 6.20 Å². The predicted octanol–water partition coefficient (Wildman–Crippen LogP) is -0.896. The first-order valence-corrected chi connectivity index (χ1v) is 3.93. The fraction of sp³-hybridized carbons (Fsp3) is 0.429. The Morgan fingerprint density at radius 3 is 3.08 bits per heavy atom. The molecule has 0 unspecified atom stereocenters. The molecule has 72 valence electrons. The van der Waals surface area contributed by atoms with Gasteiger partial charge >= 0.3 is 0 Å². The zero-order valence-electron chi connectivity index (χ0n) is 7.08. The van der Waals surface area contributed by atoms with Crippen LogP contribution in [0.4, 0.5) is 5.69 Å². The second kappa shape index (κ2) is 4.46. The normalized spacial score (nSPS) is 9.92. The van der Waals surface area contributed by atoms with Gasteiger partial charge in [-0.25, -0.2) is 0 Å². The van der Waals surface area contributed by atoms with Crippen LogP contribution < -0.4 is 11.1 Å². The number of aliphatic hydroxyl groups is 1. The second-order valence-electron chi connectivity index (χ2n) is 2.53. The van der Waals surface area contributed by atoms with E-state index in [1.165, 1.54) is 6.20 Å². The fourth-order valence-electron chi connectivity index (χ4n) is 0.847. The first-order valence-electron chi connectivity index (χ1n) is 3.93. The number of nitrogens with two attached hydrogens (primary N) is 1. The summed E-state index contributed by atoms with van der Waals surface area (Å²) in [6.45, 7) is 0.479. The summed E-state index contributed by atoms with van der Waals surface area (Å²) in [4.78, 5) is 11.3. The lowest BCUT2D eigenvalue weighted by Crippen LogP contribution is -2.26. The number of rotatable bonds is 4. The topological polar surface area (TPSA) is 104 Å². The summed E-state index contributed by atoms with van der Waals surface area (Å²) in [6, 6.07) is 0. The van der Waals surface area contributed by atoms with Gasteiger partial charge in [0.1, 0.15) is 5.69 Å². The molecule has 1 rings (SSSR count).